The average Bonchev–Trinajstić information content (AvgIpc) is 2.88. The van der Waals surface area contributed by atoms with E-state index in [9.17, 15) is 4.39 Å². The van der Waals surface area contributed by atoms with Gasteiger partial charge in [0.25, 0.3) is 0 Å². The number of halogens is 1. The number of fused-ring (bicyclic) bond motifs is 1. The summed E-state index contributed by atoms with van der Waals surface area (Å²) in [5.41, 5.74) is 4.80. The Morgan fingerprint density at radius 2 is 1.50 bits per heavy atom. The van der Waals surface area contributed by atoms with E-state index in [1.54, 1.807) is 12.1 Å². The first-order chi connectivity index (χ1) is 11.1. The topological polar surface area (TPSA) is 26.0 Å². The molecule has 0 amide bonds. The third kappa shape index (κ3) is 3.08. The SMILES string of the molecule is CC(C)(C)c1cc(C(C)(C)C)c2oc(-c3ccc(F)cc3)nc2c1. The Labute approximate surface area is 142 Å². The smallest absolute Gasteiger partial charge is 0.227 e. The van der Waals surface area contributed by atoms with Gasteiger partial charge in [-0.15, -0.1) is 0 Å². The Hall–Kier alpha value is -2.16. The number of aromatic nitrogens is 1. The predicted molar refractivity (Wildman–Crippen MR) is 96.8 cm³/mol. The maximum atomic E-state index is 13.2. The van der Waals surface area contributed by atoms with Crippen molar-refractivity contribution in [2.75, 3.05) is 0 Å². The molecule has 2 nitrogen and oxygen atoms in total. The number of oxazole rings is 1. The van der Waals surface area contributed by atoms with Crippen molar-refractivity contribution in [3.8, 4) is 11.5 Å². The van der Waals surface area contributed by atoms with Crippen molar-refractivity contribution in [3.63, 3.8) is 0 Å². The highest BCUT2D eigenvalue weighted by atomic mass is 19.1. The van der Waals surface area contributed by atoms with E-state index in [-0.39, 0.29) is 16.6 Å². The molecular weight excluding hydrogens is 301 g/mol. The Morgan fingerprint density at radius 3 is 2.04 bits per heavy atom. The molecule has 1 aromatic heterocycles. The number of rotatable bonds is 1. The second-order valence-electron chi connectivity index (χ2n) is 8.40. The van der Waals surface area contributed by atoms with Crippen LogP contribution < -0.4 is 0 Å². The highest BCUT2D eigenvalue weighted by Gasteiger charge is 2.25. The van der Waals surface area contributed by atoms with Gasteiger partial charge < -0.3 is 4.42 Å². The molecule has 0 spiro atoms. The summed E-state index contributed by atoms with van der Waals surface area (Å²) >= 11 is 0. The van der Waals surface area contributed by atoms with Crippen LogP contribution >= 0.6 is 0 Å². The van der Waals surface area contributed by atoms with Gasteiger partial charge in [0.05, 0.1) is 0 Å². The molecule has 0 saturated carbocycles. The molecule has 0 saturated heterocycles. The Kier molecular flexibility index (Phi) is 3.78. The Morgan fingerprint density at radius 1 is 0.875 bits per heavy atom. The summed E-state index contributed by atoms with van der Waals surface area (Å²) < 4.78 is 19.2. The third-order valence-corrected chi connectivity index (χ3v) is 4.26. The van der Waals surface area contributed by atoms with E-state index < -0.39 is 0 Å². The van der Waals surface area contributed by atoms with Crippen molar-refractivity contribution in [3.05, 3.63) is 53.3 Å². The van der Waals surface area contributed by atoms with Crippen LogP contribution in [0.15, 0.2) is 40.8 Å². The maximum Gasteiger partial charge on any atom is 0.227 e. The molecule has 126 valence electrons. The van der Waals surface area contributed by atoms with E-state index in [1.807, 2.05) is 0 Å². The molecule has 0 bridgehead atoms. The Bertz CT molecular complexity index is 877. The standard InChI is InChI=1S/C21H24FNO/c1-20(2,3)14-11-16(21(4,5)6)18-17(12-14)23-19(24-18)13-7-9-15(22)10-8-13/h7-12H,1-6H3. The van der Waals surface area contributed by atoms with E-state index in [2.05, 4.69) is 58.7 Å². The van der Waals surface area contributed by atoms with Crippen LogP contribution in [0.25, 0.3) is 22.6 Å². The highest BCUT2D eigenvalue weighted by molar-refractivity contribution is 5.81. The first-order valence-corrected chi connectivity index (χ1v) is 8.27. The normalized spacial score (nSPS) is 12.8. The van der Waals surface area contributed by atoms with Crippen molar-refractivity contribution >= 4 is 11.1 Å². The first-order valence-electron chi connectivity index (χ1n) is 8.27. The van der Waals surface area contributed by atoms with E-state index in [0.717, 1.165) is 22.2 Å². The lowest BCUT2D eigenvalue weighted by atomic mass is 9.80. The van der Waals surface area contributed by atoms with Gasteiger partial charge >= 0.3 is 0 Å². The van der Waals surface area contributed by atoms with Crippen LogP contribution in [-0.2, 0) is 10.8 Å². The maximum absolute atomic E-state index is 13.2. The summed E-state index contributed by atoms with van der Waals surface area (Å²) in [6, 6.07) is 10.6. The lowest BCUT2D eigenvalue weighted by Crippen LogP contribution is -2.16. The third-order valence-electron chi connectivity index (χ3n) is 4.26. The van der Waals surface area contributed by atoms with E-state index >= 15 is 0 Å². The van der Waals surface area contributed by atoms with Gasteiger partial charge in [0, 0.05) is 11.1 Å². The minimum absolute atomic E-state index is 0.0309. The molecule has 3 heteroatoms. The molecule has 0 aliphatic heterocycles. The van der Waals surface area contributed by atoms with Gasteiger partial charge in [-0.25, -0.2) is 9.37 Å². The molecule has 0 aliphatic carbocycles. The quantitative estimate of drug-likeness (QED) is 0.530. The van der Waals surface area contributed by atoms with Gasteiger partial charge in [-0.2, -0.15) is 0 Å². The first kappa shape index (κ1) is 16.7. The van der Waals surface area contributed by atoms with Crippen LogP contribution in [0.1, 0.15) is 52.7 Å². The second-order valence-corrected chi connectivity index (χ2v) is 8.40. The van der Waals surface area contributed by atoms with Crippen LogP contribution in [0, 0.1) is 5.82 Å². The van der Waals surface area contributed by atoms with Crippen LogP contribution in [0.4, 0.5) is 4.39 Å². The largest absolute Gasteiger partial charge is 0.436 e. The zero-order valence-electron chi connectivity index (χ0n) is 15.2. The molecule has 24 heavy (non-hydrogen) atoms. The lowest BCUT2D eigenvalue weighted by Gasteiger charge is -2.24. The van der Waals surface area contributed by atoms with Crippen molar-refractivity contribution in [1.82, 2.24) is 4.98 Å². The lowest BCUT2D eigenvalue weighted by molar-refractivity contribution is 0.552. The predicted octanol–water partition coefficient (Wildman–Crippen LogP) is 6.23. The molecular formula is C21H24FNO. The molecule has 3 aromatic rings. The van der Waals surface area contributed by atoms with Crippen LogP contribution in [-0.4, -0.2) is 4.98 Å². The van der Waals surface area contributed by atoms with E-state index in [0.29, 0.717) is 5.89 Å². The van der Waals surface area contributed by atoms with E-state index in [1.165, 1.54) is 17.7 Å². The monoisotopic (exact) mass is 325 g/mol. The number of hydrogen-bond acceptors (Lipinski definition) is 2. The minimum atomic E-state index is -0.264. The molecule has 0 fully saturated rings. The minimum Gasteiger partial charge on any atom is -0.436 e. The molecule has 0 unspecified atom stereocenters. The zero-order valence-corrected chi connectivity index (χ0v) is 15.2. The average molecular weight is 325 g/mol. The second kappa shape index (κ2) is 5.44. The highest BCUT2D eigenvalue weighted by Crippen LogP contribution is 2.37. The van der Waals surface area contributed by atoms with Crippen LogP contribution in [0.5, 0.6) is 0 Å². The fraction of sp³-hybridized carbons (Fsp3) is 0.381. The van der Waals surface area contributed by atoms with Gasteiger partial charge in [0.1, 0.15) is 11.3 Å². The fourth-order valence-electron chi connectivity index (χ4n) is 2.74. The van der Waals surface area contributed by atoms with Crippen molar-refractivity contribution in [2.24, 2.45) is 0 Å². The number of hydrogen-bond donors (Lipinski definition) is 0. The molecule has 3 rings (SSSR count). The van der Waals surface area contributed by atoms with Gasteiger partial charge in [-0.1, -0.05) is 47.6 Å². The summed E-state index contributed by atoms with van der Waals surface area (Å²) in [6.45, 7) is 13.1. The zero-order chi connectivity index (χ0) is 17.7. The van der Waals surface area contributed by atoms with Crippen LogP contribution in [0.3, 0.4) is 0 Å². The summed E-state index contributed by atoms with van der Waals surface area (Å²) in [6.07, 6.45) is 0. The molecule has 0 N–H and O–H groups in total. The van der Waals surface area contributed by atoms with Crippen molar-refractivity contribution < 1.29 is 8.81 Å². The summed E-state index contributed by atoms with van der Waals surface area (Å²) in [7, 11) is 0. The molecule has 0 radical (unpaired) electrons. The Balaban J connectivity index is 2.26. The van der Waals surface area contributed by atoms with Gasteiger partial charge in [0.15, 0.2) is 5.58 Å². The summed E-state index contributed by atoms with van der Waals surface area (Å²) in [4.78, 5) is 4.67. The van der Waals surface area contributed by atoms with Gasteiger partial charge in [-0.3, -0.25) is 0 Å². The van der Waals surface area contributed by atoms with Gasteiger partial charge in [0.2, 0.25) is 5.89 Å². The summed E-state index contributed by atoms with van der Waals surface area (Å²) in [5, 5.41) is 0. The van der Waals surface area contributed by atoms with Gasteiger partial charge in [-0.05, 0) is 46.7 Å². The van der Waals surface area contributed by atoms with Crippen molar-refractivity contribution in [1.29, 1.82) is 0 Å². The van der Waals surface area contributed by atoms with Crippen molar-refractivity contribution in [2.45, 2.75) is 52.4 Å². The van der Waals surface area contributed by atoms with E-state index in [4.69, 9.17) is 4.42 Å². The van der Waals surface area contributed by atoms with Crippen LogP contribution in [0.2, 0.25) is 0 Å². The summed E-state index contributed by atoms with van der Waals surface area (Å²) in [5.74, 6) is 0.266. The number of benzene rings is 2. The molecule has 0 atom stereocenters. The molecule has 2 aromatic carbocycles. The molecule has 0 aliphatic rings. The fourth-order valence-corrected chi connectivity index (χ4v) is 2.74. The molecule has 1 heterocycles. The number of nitrogens with zero attached hydrogens (tertiary/aromatic N) is 1.